The molecule has 128 valence electrons. The molecule has 1 N–H and O–H groups in total. The topological polar surface area (TPSA) is 29.1 Å². The molecule has 1 aromatic rings. The lowest BCUT2D eigenvalue weighted by atomic mass is 9.74. The lowest BCUT2D eigenvalue weighted by Crippen LogP contribution is -2.47. The van der Waals surface area contributed by atoms with Gasteiger partial charge in [0.25, 0.3) is 0 Å². The molecule has 0 aliphatic carbocycles. The van der Waals surface area contributed by atoms with Gasteiger partial charge in [-0.05, 0) is 42.9 Å². The minimum atomic E-state index is -1.34. The van der Waals surface area contributed by atoms with Crippen molar-refractivity contribution in [2.45, 2.75) is 70.2 Å². The number of ketones is 1. The molecular formula is C21H29NOSi. The van der Waals surface area contributed by atoms with E-state index in [4.69, 9.17) is 0 Å². The molecular weight excluding hydrogens is 310 g/mol. The normalized spacial score (nSPS) is 29.0. The lowest BCUT2D eigenvalue weighted by molar-refractivity contribution is -0.124. The zero-order chi connectivity index (χ0) is 17.3. The summed E-state index contributed by atoms with van der Waals surface area (Å²) in [5.41, 5.74) is 5.83. The first-order valence-corrected chi connectivity index (χ1v) is 12.8. The van der Waals surface area contributed by atoms with Crippen LogP contribution in [0.25, 0.3) is 0 Å². The first kappa shape index (κ1) is 17.4. The Kier molecular flexibility index (Phi) is 4.99. The molecule has 24 heavy (non-hydrogen) atoms. The van der Waals surface area contributed by atoms with E-state index in [0.29, 0.717) is 30.2 Å². The van der Waals surface area contributed by atoms with Crippen LogP contribution in [0, 0.1) is 17.4 Å². The van der Waals surface area contributed by atoms with Crippen LogP contribution in [-0.4, -0.2) is 25.9 Å². The van der Waals surface area contributed by atoms with E-state index < -0.39 is 8.07 Å². The zero-order valence-corrected chi connectivity index (χ0v) is 16.4. The number of benzene rings is 1. The minimum Gasteiger partial charge on any atom is -0.310 e. The van der Waals surface area contributed by atoms with E-state index in [1.165, 1.54) is 12.0 Å². The van der Waals surface area contributed by atoms with Gasteiger partial charge in [-0.2, -0.15) is 0 Å². The summed E-state index contributed by atoms with van der Waals surface area (Å²) in [6, 6.07) is 9.67. The van der Waals surface area contributed by atoms with Gasteiger partial charge in [0, 0.05) is 30.0 Å². The fourth-order valence-electron chi connectivity index (χ4n) is 4.15. The molecule has 0 saturated carbocycles. The second-order valence-corrected chi connectivity index (χ2v) is 13.1. The summed E-state index contributed by atoms with van der Waals surface area (Å²) >= 11 is 0. The number of nitrogens with one attached hydrogen (secondary N) is 1. The van der Waals surface area contributed by atoms with Crippen molar-refractivity contribution in [3.8, 4) is 11.5 Å². The molecule has 2 bridgehead atoms. The van der Waals surface area contributed by atoms with E-state index in [1.807, 2.05) is 6.92 Å². The van der Waals surface area contributed by atoms with Gasteiger partial charge in [0.05, 0.1) is 0 Å². The Morgan fingerprint density at radius 2 is 1.92 bits per heavy atom. The molecule has 0 radical (unpaired) electrons. The summed E-state index contributed by atoms with van der Waals surface area (Å²) in [5.74, 6) is 4.26. The van der Waals surface area contributed by atoms with Gasteiger partial charge >= 0.3 is 0 Å². The maximum absolute atomic E-state index is 12.6. The maximum atomic E-state index is 12.6. The molecule has 3 heteroatoms. The van der Waals surface area contributed by atoms with Gasteiger partial charge in [-0.15, -0.1) is 5.54 Å². The first-order chi connectivity index (χ1) is 11.4. The average molecular weight is 340 g/mol. The van der Waals surface area contributed by atoms with E-state index in [2.05, 4.69) is 60.7 Å². The van der Waals surface area contributed by atoms with E-state index in [-0.39, 0.29) is 5.92 Å². The quantitative estimate of drug-likeness (QED) is 0.663. The molecule has 2 aliphatic heterocycles. The number of piperidine rings is 1. The monoisotopic (exact) mass is 339 g/mol. The summed E-state index contributed by atoms with van der Waals surface area (Å²) in [7, 11) is -1.34. The molecule has 4 unspecified atom stereocenters. The van der Waals surface area contributed by atoms with Crippen LogP contribution in [0.1, 0.15) is 49.7 Å². The summed E-state index contributed by atoms with van der Waals surface area (Å²) in [6.07, 6.45) is 4.10. The summed E-state index contributed by atoms with van der Waals surface area (Å²) < 4.78 is 0. The van der Waals surface area contributed by atoms with Crippen LogP contribution in [0.3, 0.4) is 0 Å². The molecule has 2 aliphatic rings. The number of carbonyl (C=O) groups excluding carboxylic acids is 1. The van der Waals surface area contributed by atoms with Gasteiger partial charge in [-0.3, -0.25) is 4.79 Å². The van der Waals surface area contributed by atoms with Crippen molar-refractivity contribution in [3.05, 3.63) is 35.4 Å². The molecule has 2 nitrogen and oxygen atoms in total. The molecule has 0 amide bonds. The summed E-state index contributed by atoms with van der Waals surface area (Å²) in [4.78, 5) is 12.6. The van der Waals surface area contributed by atoms with Crippen molar-refractivity contribution in [1.82, 2.24) is 5.32 Å². The van der Waals surface area contributed by atoms with Gasteiger partial charge in [0.15, 0.2) is 0 Å². The van der Waals surface area contributed by atoms with E-state index in [0.717, 1.165) is 18.4 Å². The Morgan fingerprint density at radius 3 is 2.54 bits per heavy atom. The summed E-state index contributed by atoms with van der Waals surface area (Å²) in [5, 5.41) is 3.67. The molecule has 2 heterocycles. The molecule has 2 saturated heterocycles. The zero-order valence-electron chi connectivity index (χ0n) is 15.4. The fourth-order valence-corrected chi connectivity index (χ4v) is 4.67. The molecule has 0 aromatic heterocycles. The van der Waals surface area contributed by atoms with Crippen LogP contribution in [0.4, 0.5) is 0 Å². The number of fused-ring (bicyclic) bond motifs is 2. The molecule has 3 rings (SSSR count). The number of hydrogen-bond acceptors (Lipinski definition) is 2. The predicted molar refractivity (Wildman–Crippen MR) is 103 cm³/mol. The Morgan fingerprint density at radius 1 is 1.21 bits per heavy atom. The van der Waals surface area contributed by atoms with E-state index in [9.17, 15) is 4.79 Å². The molecule has 4 atom stereocenters. The van der Waals surface area contributed by atoms with Crippen LogP contribution in [-0.2, 0) is 4.79 Å². The van der Waals surface area contributed by atoms with Crippen molar-refractivity contribution in [1.29, 1.82) is 0 Å². The van der Waals surface area contributed by atoms with Crippen molar-refractivity contribution < 1.29 is 4.79 Å². The van der Waals surface area contributed by atoms with Crippen LogP contribution >= 0.6 is 0 Å². The van der Waals surface area contributed by atoms with Crippen molar-refractivity contribution in [3.63, 3.8) is 0 Å². The SMILES string of the molecule is CCC(=O)C1C2CCC(CC1c1ccc(C#C[Si](C)(C)C)cc1)N2. The maximum Gasteiger partial charge on any atom is 0.137 e. The largest absolute Gasteiger partial charge is 0.310 e. The van der Waals surface area contributed by atoms with Gasteiger partial charge in [0.2, 0.25) is 0 Å². The first-order valence-electron chi connectivity index (χ1n) is 9.29. The highest BCUT2D eigenvalue weighted by Crippen LogP contribution is 2.42. The third-order valence-electron chi connectivity index (χ3n) is 5.32. The lowest BCUT2D eigenvalue weighted by Gasteiger charge is -2.37. The van der Waals surface area contributed by atoms with Crippen molar-refractivity contribution in [2.75, 3.05) is 0 Å². The Bertz CT molecular complexity index is 662. The summed E-state index contributed by atoms with van der Waals surface area (Å²) in [6.45, 7) is 8.79. The van der Waals surface area contributed by atoms with E-state index in [1.54, 1.807) is 0 Å². The number of hydrogen-bond donors (Lipinski definition) is 1. The fraction of sp³-hybridized carbons (Fsp3) is 0.571. The van der Waals surface area contributed by atoms with Gasteiger partial charge in [-0.25, -0.2) is 0 Å². The Balaban J connectivity index is 1.84. The predicted octanol–water partition coefficient (Wildman–Crippen LogP) is 4.12. The van der Waals surface area contributed by atoms with Crippen LogP contribution in [0.2, 0.25) is 19.6 Å². The van der Waals surface area contributed by atoms with Crippen LogP contribution < -0.4 is 5.32 Å². The van der Waals surface area contributed by atoms with Crippen molar-refractivity contribution in [2.24, 2.45) is 5.92 Å². The molecule has 1 aromatic carbocycles. The van der Waals surface area contributed by atoms with Crippen molar-refractivity contribution >= 4 is 13.9 Å². The second-order valence-electron chi connectivity index (χ2n) is 8.36. The smallest absolute Gasteiger partial charge is 0.137 e. The average Bonchev–Trinajstić information content (AvgIpc) is 2.93. The van der Waals surface area contributed by atoms with Gasteiger partial charge in [0.1, 0.15) is 13.9 Å². The third kappa shape index (κ3) is 3.82. The second kappa shape index (κ2) is 6.86. The highest BCUT2D eigenvalue weighted by atomic mass is 28.3. The Hall–Kier alpha value is -1.37. The number of Topliss-reactive ketones (excluding diaryl/α,β-unsaturated/α-hetero) is 1. The number of rotatable bonds is 3. The Labute approximate surface area is 147 Å². The van der Waals surface area contributed by atoms with E-state index >= 15 is 0 Å². The number of carbonyl (C=O) groups is 1. The molecule has 0 spiro atoms. The third-order valence-corrected chi connectivity index (χ3v) is 6.20. The highest BCUT2D eigenvalue weighted by Gasteiger charge is 2.44. The highest BCUT2D eigenvalue weighted by molar-refractivity contribution is 6.83. The van der Waals surface area contributed by atoms with Gasteiger partial charge in [-0.1, -0.05) is 44.6 Å². The van der Waals surface area contributed by atoms with Crippen LogP contribution in [0.5, 0.6) is 0 Å². The van der Waals surface area contributed by atoms with Gasteiger partial charge < -0.3 is 5.32 Å². The van der Waals surface area contributed by atoms with Crippen LogP contribution in [0.15, 0.2) is 24.3 Å². The molecule has 2 fully saturated rings. The standard InChI is InChI=1S/C21H29NOSi/c1-5-20(23)21-18(14-17-10-11-19(21)22-17)16-8-6-15(7-9-16)12-13-24(2,3)4/h6-9,17-19,21-22H,5,10-11,14H2,1-4H3. The minimum absolute atomic E-state index is 0.146.